The fourth-order valence-electron chi connectivity index (χ4n) is 1.86. The Labute approximate surface area is 57.0 Å². The summed E-state index contributed by atoms with van der Waals surface area (Å²) in [6.07, 6.45) is 9.10. The number of hydrogen-bond acceptors (Lipinski definition) is 0. The van der Waals surface area contributed by atoms with Gasteiger partial charge in [-0.3, -0.25) is 0 Å². The second-order valence-corrected chi connectivity index (χ2v) is 3.74. The maximum absolute atomic E-state index is 3.36. The Morgan fingerprint density at radius 2 is 2.33 bits per heavy atom. The zero-order valence-corrected chi connectivity index (χ0v) is 6.02. The maximum atomic E-state index is 3.36. The van der Waals surface area contributed by atoms with Crippen molar-refractivity contribution in [2.45, 2.75) is 20.3 Å². The van der Waals surface area contributed by atoms with E-state index >= 15 is 0 Å². The molecule has 0 N–H and O–H groups in total. The highest BCUT2D eigenvalue weighted by Gasteiger charge is 2.47. The lowest BCUT2D eigenvalue weighted by atomic mass is 9.51. The van der Waals surface area contributed by atoms with Crippen LogP contribution < -0.4 is 0 Å². The normalized spacial score (nSPS) is 44.2. The van der Waals surface area contributed by atoms with Gasteiger partial charge < -0.3 is 0 Å². The lowest BCUT2D eigenvalue weighted by Crippen LogP contribution is -2.45. The van der Waals surface area contributed by atoms with Crippen LogP contribution in [0.3, 0.4) is 0 Å². The molecule has 48 valence electrons. The Balaban J connectivity index is 2.27. The van der Waals surface area contributed by atoms with Crippen molar-refractivity contribution in [1.29, 1.82) is 0 Å². The molecular formula is C9H12. The van der Waals surface area contributed by atoms with E-state index in [9.17, 15) is 0 Å². The molecule has 0 saturated heterocycles. The van der Waals surface area contributed by atoms with Crippen molar-refractivity contribution in [3.05, 3.63) is 18.6 Å². The van der Waals surface area contributed by atoms with E-state index in [1.54, 1.807) is 0 Å². The lowest BCUT2D eigenvalue weighted by Gasteiger charge is -2.53. The minimum absolute atomic E-state index is 0.536. The molecule has 0 amide bonds. The van der Waals surface area contributed by atoms with Crippen molar-refractivity contribution in [3.63, 3.8) is 0 Å². The molecular weight excluding hydrogens is 108 g/mol. The van der Waals surface area contributed by atoms with Gasteiger partial charge in [-0.2, -0.15) is 0 Å². The van der Waals surface area contributed by atoms with Gasteiger partial charge >= 0.3 is 0 Å². The van der Waals surface area contributed by atoms with Crippen LogP contribution in [0.5, 0.6) is 0 Å². The van der Waals surface area contributed by atoms with Crippen LogP contribution in [-0.2, 0) is 0 Å². The third-order valence-electron chi connectivity index (χ3n) is 2.97. The summed E-state index contributed by atoms with van der Waals surface area (Å²) in [5.41, 5.74) is 0.536. The van der Waals surface area contributed by atoms with E-state index in [1.807, 2.05) is 0 Å². The van der Waals surface area contributed by atoms with Crippen LogP contribution in [0.4, 0.5) is 0 Å². The van der Waals surface area contributed by atoms with E-state index in [0.29, 0.717) is 5.41 Å². The Hall–Kier alpha value is -0.260. The molecule has 2 atom stereocenters. The maximum Gasteiger partial charge on any atom is 0.0121 e. The zero-order chi connectivity index (χ0) is 6.48. The van der Waals surface area contributed by atoms with Crippen molar-refractivity contribution < 1.29 is 0 Å². The van der Waals surface area contributed by atoms with Crippen molar-refractivity contribution >= 4 is 0 Å². The van der Waals surface area contributed by atoms with E-state index in [-0.39, 0.29) is 0 Å². The van der Waals surface area contributed by atoms with E-state index < -0.39 is 0 Å². The highest BCUT2D eigenvalue weighted by atomic mass is 14.5. The first-order chi connectivity index (χ1) is 4.21. The predicted octanol–water partition coefficient (Wildman–Crippen LogP) is 2.30. The molecule has 0 unspecified atom stereocenters. The summed E-state index contributed by atoms with van der Waals surface area (Å²) in [6, 6.07) is 0. The molecule has 3 aliphatic carbocycles. The second kappa shape index (κ2) is 1.42. The molecule has 0 nitrogen and oxygen atoms in total. The number of allylic oxidation sites excluding steroid dienone is 2. The van der Waals surface area contributed by atoms with Gasteiger partial charge in [0, 0.05) is 6.42 Å². The van der Waals surface area contributed by atoms with Gasteiger partial charge in [0.25, 0.3) is 0 Å². The van der Waals surface area contributed by atoms with Gasteiger partial charge in [0.15, 0.2) is 0 Å². The van der Waals surface area contributed by atoms with Crippen LogP contribution in [0.2, 0.25) is 0 Å². The third-order valence-corrected chi connectivity index (χ3v) is 2.97. The van der Waals surface area contributed by atoms with Gasteiger partial charge in [0.1, 0.15) is 0 Å². The highest BCUT2D eigenvalue weighted by Crippen LogP contribution is 2.55. The molecule has 3 aliphatic rings. The van der Waals surface area contributed by atoms with E-state index in [4.69, 9.17) is 0 Å². The molecule has 0 aromatic rings. The fraction of sp³-hybridized carbons (Fsp3) is 0.667. The predicted molar refractivity (Wildman–Crippen MR) is 37.8 cm³/mol. The Morgan fingerprint density at radius 3 is 2.56 bits per heavy atom. The average molecular weight is 120 g/mol. The molecule has 2 bridgehead atoms. The van der Waals surface area contributed by atoms with Gasteiger partial charge in [0.2, 0.25) is 0 Å². The minimum atomic E-state index is 0.536. The molecule has 0 heteroatoms. The molecule has 1 saturated carbocycles. The van der Waals surface area contributed by atoms with Crippen LogP contribution >= 0.6 is 0 Å². The first-order valence-electron chi connectivity index (χ1n) is 3.64. The van der Waals surface area contributed by atoms with Crippen molar-refractivity contribution in [1.82, 2.24) is 0 Å². The summed E-state index contributed by atoms with van der Waals surface area (Å²) in [6.45, 7) is 4.67. The van der Waals surface area contributed by atoms with Gasteiger partial charge in [-0.05, 0) is 23.7 Å². The summed E-state index contributed by atoms with van der Waals surface area (Å²) in [4.78, 5) is 0. The average Bonchev–Trinajstić information content (AvgIpc) is 1.89. The van der Waals surface area contributed by atoms with Crippen LogP contribution in [0.25, 0.3) is 0 Å². The minimum Gasteiger partial charge on any atom is -0.0842 e. The number of rotatable bonds is 0. The molecule has 0 spiro atoms. The number of fused-ring (bicyclic) bond motifs is 1. The fourth-order valence-corrected chi connectivity index (χ4v) is 1.86. The summed E-state index contributed by atoms with van der Waals surface area (Å²) in [5.74, 6) is 1.61. The molecule has 0 aliphatic heterocycles. The first kappa shape index (κ1) is 5.52. The van der Waals surface area contributed by atoms with Crippen LogP contribution in [0.1, 0.15) is 20.3 Å². The van der Waals surface area contributed by atoms with E-state index in [2.05, 4.69) is 32.4 Å². The zero-order valence-electron chi connectivity index (χ0n) is 6.02. The standard InChI is InChI=1S/C9H12/c1-9(2)7-4-3-5-8(9)6-7/h3-4,7-8H,6H2,1-2H3/t7-,8+/m1/s1. The Bertz CT molecular complexity index is 153. The molecule has 1 fully saturated rings. The largest absolute Gasteiger partial charge is 0.0842 e. The Kier molecular flexibility index (Phi) is 0.870. The summed E-state index contributed by atoms with van der Waals surface area (Å²) >= 11 is 0. The summed E-state index contributed by atoms with van der Waals surface area (Å²) in [7, 11) is 0. The van der Waals surface area contributed by atoms with Crippen LogP contribution in [0, 0.1) is 23.7 Å². The molecule has 2 radical (unpaired) electrons. The first-order valence-corrected chi connectivity index (χ1v) is 3.64. The summed E-state index contributed by atoms with van der Waals surface area (Å²) in [5, 5.41) is 0. The SMILES string of the molecule is CC1(C)[C@@H]2C=C[C][C@H]1C2. The molecule has 9 heavy (non-hydrogen) atoms. The number of hydrogen-bond donors (Lipinski definition) is 0. The Morgan fingerprint density at radius 1 is 1.56 bits per heavy atom. The van der Waals surface area contributed by atoms with E-state index in [0.717, 1.165) is 11.8 Å². The van der Waals surface area contributed by atoms with Gasteiger partial charge in [0.05, 0.1) is 0 Å². The molecule has 0 aromatic heterocycles. The molecule has 0 heterocycles. The smallest absolute Gasteiger partial charge is 0.0121 e. The van der Waals surface area contributed by atoms with E-state index in [1.165, 1.54) is 6.42 Å². The van der Waals surface area contributed by atoms with Crippen molar-refractivity contribution in [2.75, 3.05) is 0 Å². The van der Waals surface area contributed by atoms with Crippen molar-refractivity contribution in [3.8, 4) is 0 Å². The van der Waals surface area contributed by atoms with Crippen LogP contribution in [-0.4, -0.2) is 0 Å². The third kappa shape index (κ3) is 0.540. The lowest BCUT2D eigenvalue weighted by molar-refractivity contribution is 0.0302. The molecule has 0 aromatic carbocycles. The van der Waals surface area contributed by atoms with Crippen molar-refractivity contribution in [2.24, 2.45) is 17.3 Å². The van der Waals surface area contributed by atoms with Gasteiger partial charge in [-0.15, -0.1) is 0 Å². The topological polar surface area (TPSA) is 0 Å². The quantitative estimate of drug-likeness (QED) is 0.460. The van der Waals surface area contributed by atoms with Gasteiger partial charge in [-0.1, -0.05) is 26.0 Å². The second-order valence-electron chi connectivity index (χ2n) is 3.74. The van der Waals surface area contributed by atoms with Gasteiger partial charge in [-0.25, -0.2) is 0 Å². The summed E-state index contributed by atoms with van der Waals surface area (Å²) < 4.78 is 0. The molecule has 3 rings (SSSR count). The highest BCUT2D eigenvalue weighted by molar-refractivity contribution is 5.21. The monoisotopic (exact) mass is 120 g/mol. The van der Waals surface area contributed by atoms with Crippen LogP contribution in [0.15, 0.2) is 12.2 Å².